The quantitative estimate of drug-likeness (QED) is 0.878. The highest BCUT2D eigenvalue weighted by molar-refractivity contribution is 5.39. The Kier molecular flexibility index (Phi) is 5.03. The summed E-state index contributed by atoms with van der Waals surface area (Å²) in [6, 6.07) is 14.5. The molecular weight excluding hydrogens is 258 g/mol. The Morgan fingerprint density at radius 1 is 1.05 bits per heavy atom. The Morgan fingerprint density at radius 3 is 2.43 bits per heavy atom. The van der Waals surface area contributed by atoms with Gasteiger partial charge in [-0.3, -0.25) is 0 Å². The Labute approximate surface area is 127 Å². The van der Waals surface area contributed by atoms with Gasteiger partial charge in [-0.15, -0.1) is 0 Å². The highest BCUT2D eigenvalue weighted by atomic mass is 16.5. The molecule has 0 aromatic heterocycles. The van der Waals surface area contributed by atoms with Crippen molar-refractivity contribution in [1.29, 1.82) is 0 Å². The Hall–Kier alpha value is -1.80. The third-order valence-corrected chi connectivity index (χ3v) is 4.04. The van der Waals surface area contributed by atoms with Gasteiger partial charge in [-0.05, 0) is 49.9 Å². The van der Waals surface area contributed by atoms with Crippen molar-refractivity contribution in [3.8, 4) is 5.75 Å². The van der Waals surface area contributed by atoms with E-state index in [9.17, 15) is 0 Å². The monoisotopic (exact) mass is 283 g/mol. The first-order valence-corrected chi connectivity index (χ1v) is 7.58. The molecule has 21 heavy (non-hydrogen) atoms. The summed E-state index contributed by atoms with van der Waals surface area (Å²) in [6.07, 6.45) is 0.763. The molecule has 0 heterocycles. The van der Waals surface area contributed by atoms with Crippen LogP contribution in [0.5, 0.6) is 5.75 Å². The van der Waals surface area contributed by atoms with Crippen LogP contribution >= 0.6 is 0 Å². The van der Waals surface area contributed by atoms with Gasteiger partial charge in [0.25, 0.3) is 0 Å². The second kappa shape index (κ2) is 6.77. The van der Waals surface area contributed by atoms with E-state index in [0.29, 0.717) is 0 Å². The van der Waals surface area contributed by atoms with E-state index in [1.54, 1.807) is 0 Å². The fourth-order valence-electron chi connectivity index (χ4n) is 2.45. The molecule has 2 atom stereocenters. The second-order valence-electron chi connectivity index (χ2n) is 5.72. The van der Waals surface area contributed by atoms with Crippen LogP contribution in [0.2, 0.25) is 0 Å². The molecule has 0 aliphatic heterocycles. The van der Waals surface area contributed by atoms with Crippen molar-refractivity contribution in [2.75, 3.05) is 0 Å². The molecule has 0 spiro atoms. The Bertz CT molecular complexity index is 606. The van der Waals surface area contributed by atoms with E-state index in [-0.39, 0.29) is 12.1 Å². The topological polar surface area (TPSA) is 35.2 Å². The van der Waals surface area contributed by atoms with Crippen molar-refractivity contribution in [3.63, 3.8) is 0 Å². The maximum absolute atomic E-state index is 6.31. The van der Waals surface area contributed by atoms with Gasteiger partial charge in [0, 0.05) is 6.04 Å². The zero-order valence-electron chi connectivity index (χ0n) is 13.4. The predicted octanol–water partition coefficient (Wildman–Crippen LogP) is 4.47. The number of aryl methyl sites for hydroxylation is 2. The van der Waals surface area contributed by atoms with Gasteiger partial charge in [-0.2, -0.15) is 0 Å². The Morgan fingerprint density at radius 2 is 1.76 bits per heavy atom. The van der Waals surface area contributed by atoms with Crippen LogP contribution in [0, 0.1) is 20.8 Å². The smallest absolute Gasteiger partial charge is 0.139 e. The average Bonchev–Trinajstić information content (AvgIpc) is 2.48. The molecule has 0 saturated heterocycles. The molecule has 2 aromatic rings. The predicted molar refractivity (Wildman–Crippen MR) is 88.7 cm³/mol. The molecule has 112 valence electrons. The van der Waals surface area contributed by atoms with Crippen LogP contribution < -0.4 is 10.5 Å². The van der Waals surface area contributed by atoms with Gasteiger partial charge in [0.05, 0.1) is 0 Å². The largest absolute Gasteiger partial charge is 0.484 e. The second-order valence-corrected chi connectivity index (χ2v) is 5.72. The van der Waals surface area contributed by atoms with Gasteiger partial charge >= 0.3 is 0 Å². The first kappa shape index (κ1) is 15.6. The third kappa shape index (κ3) is 3.64. The van der Waals surface area contributed by atoms with Gasteiger partial charge in [0.15, 0.2) is 0 Å². The molecule has 2 aromatic carbocycles. The lowest BCUT2D eigenvalue weighted by Crippen LogP contribution is -2.31. The maximum atomic E-state index is 6.31. The van der Waals surface area contributed by atoms with Crippen LogP contribution in [0.3, 0.4) is 0 Å². The van der Waals surface area contributed by atoms with Gasteiger partial charge in [0.2, 0.25) is 0 Å². The van der Waals surface area contributed by atoms with Gasteiger partial charge < -0.3 is 10.5 Å². The van der Waals surface area contributed by atoms with Crippen LogP contribution in [0.25, 0.3) is 0 Å². The normalized spacial score (nSPS) is 13.8. The summed E-state index contributed by atoms with van der Waals surface area (Å²) in [6.45, 7) is 8.38. The van der Waals surface area contributed by atoms with Crippen molar-refractivity contribution < 1.29 is 4.74 Å². The number of rotatable bonds is 5. The van der Waals surface area contributed by atoms with E-state index in [2.05, 4.69) is 58.0 Å². The first-order valence-electron chi connectivity index (χ1n) is 7.58. The van der Waals surface area contributed by atoms with Crippen molar-refractivity contribution in [2.45, 2.75) is 46.3 Å². The van der Waals surface area contributed by atoms with E-state index < -0.39 is 0 Å². The number of nitrogens with two attached hydrogens (primary N) is 1. The summed E-state index contributed by atoms with van der Waals surface area (Å²) in [4.78, 5) is 0. The summed E-state index contributed by atoms with van der Waals surface area (Å²) >= 11 is 0. The van der Waals surface area contributed by atoms with Gasteiger partial charge in [-0.1, -0.05) is 48.9 Å². The van der Waals surface area contributed by atoms with E-state index in [1.165, 1.54) is 16.7 Å². The van der Waals surface area contributed by atoms with Crippen molar-refractivity contribution >= 4 is 0 Å². The van der Waals surface area contributed by atoms with E-state index in [0.717, 1.165) is 17.7 Å². The van der Waals surface area contributed by atoms with E-state index in [1.807, 2.05) is 12.1 Å². The molecule has 2 heteroatoms. The lowest BCUT2D eigenvalue weighted by molar-refractivity contribution is 0.169. The number of benzene rings is 2. The zero-order valence-corrected chi connectivity index (χ0v) is 13.4. The zero-order chi connectivity index (χ0) is 15.4. The molecule has 2 N–H and O–H groups in total. The first-order chi connectivity index (χ1) is 10.0. The van der Waals surface area contributed by atoms with Gasteiger partial charge in [0.1, 0.15) is 11.9 Å². The molecule has 0 aliphatic rings. The summed E-state index contributed by atoms with van der Waals surface area (Å²) in [7, 11) is 0. The third-order valence-electron chi connectivity index (χ3n) is 4.04. The molecule has 0 bridgehead atoms. The molecule has 0 fully saturated rings. The lowest BCUT2D eigenvalue weighted by atomic mass is 9.99. The fourth-order valence-corrected chi connectivity index (χ4v) is 2.45. The molecule has 0 amide bonds. The maximum Gasteiger partial charge on any atom is 0.139 e. The van der Waals surface area contributed by atoms with Gasteiger partial charge in [-0.25, -0.2) is 0 Å². The Balaban J connectivity index is 2.35. The van der Waals surface area contributed by atoms with E-state index in [4.69, 9.17) is 10.5 Å². The SMILES string of the molecule is CCC(N)C(Oc1cccc(C)c1C)c1cccc(C)c1. The summed E-state index contributed by atoms with van der Waals surface area (Å²) in [5.41, 5.74) is 11.1. The van der Waals surface area contributed by atoms with Crippen LogP contribution in [-0.4, -0.2) is 6.04 Å². The van der Waals surface area contributed by atoms with Crippen molar-refractivity contribution in [3.05, 3.63) is 64.7 Å². The minimum atomic E-state index is -0.115. The minimum absolute atomic E-state index is 0.0216. The summed E-state index contributed by atoms with van der Waals surface area (Å²) in [5.74, 6) is 0.922. The molecule has 0 saturated carbocycles. The van der Waals surface area contributed by atoms with Crippen LogP contribution in [0.1, 0.15) is 41.7 Å². The summed E-state index contributed by atoms with van der Waals surface area (Å²) in [5, 5.41) is 0. The molecule has 2 rings (SSSR count). The number of hydrogen-bond acceptors (Lipinski definition) is 2. The standard InChI is InChI=1S/C19H25NO/c1-5-17(20)19(16-10-6-8-13(2)12-16)21-18-11-7-9-14(3)15(18)4/h6-12,17,19H,5,20H2,1-4H3. The van der Waals surface area contributed by atoms with Crippen LogP contribution in [0.4, 0.5) is 0 Å². The lowest BCUT2D eigenvalue weighted by Gasteiger charge is -2.26. The fraction of sp³-hybridized carbons (Fsp3) is 0.368. The van der Waals surface area contributed by atoms with E-state index >= 15 is 0 Å². The van der Waals surface area contributed by atoms with Crippen LogP contribution in [0.15, 0.2) is 42.5 Å². The highest BCUT2D eigenvalue weighted by Crippen LogP contribution is 2.29. The molecule has 0 radical (unpaired) electrons. The van der Waals surface area contributed by atoms with Crippen LogP contribution in [-0.2, 0) is 0 Å². The van der Waals surface area contributed by atoms with Crippen molar-refractivity contribution in [1.82, 2.24) is 0 Å². The number of ether oxygens (including phenoxy) is 1. The van der Waals surface area contributed by atoms with Crippen molar-refractivity contribution in [2.24, 2.45) is 5.73 Å². The molecule has 2 unspecified atom stereocenters. The molecule has 2 nitrogen and oxygen atoms in total. The highest BCUT2D eigenvalue weighted by Gasteiger charge is 2.21. The minimum Gasteiger partial charge on any atom is -0.484 e. The summed E-state index contributed by atoms with van der Waals surface area (Å²) < 4.78 is 6.29. The molecule has 0 aliphatic carbocycles. The molecular formula is C19H25NO. The average molecular weight is 283 g/mol. The number of hydrogen-bond donors (Lipinski definition) is 1.